The van der Waals surface area contributed by atoms with Crippen LogP contribution >= 0.6 is 0 Å². The minimum absolute atomic E-state index is 0.0782. The summed E-state index contributed by atoms with van der Waals surface area (Å²) in [6.45, 7) is 0.151. The van der Waals surface area contributed by atoms with E-state index in [1.54, 1.807) is 26.4 Å². The lowest BCUT2D eigenvalue weighted by Gasteiger charge is -2.31. The first-order chi connectivity index (χ1) is 12.3. The molecule has 0 aromatic heterocycles. The number of methoxy groups -OCH3 is 2. The highest BCUT2D eigenvalue weighted by atomic mass is 32.2. The Labute approximate surface area is 155 Å². The molecule has 1 fully saturated rings. The van der Waals surface area contributed by atoms with E-state index in [0.29, 0.717) is 18.0 Å². The van der Waals surface area contributed by atoms with Crippen molar-refractivity contribution in [2.45, 2.75) is 44.7 Å². The van der Waals surface area contributed by atoms with E-state index in [2.05, 4.69) is 5.32 Å². The second-order valence-electron chi connectivity index (χ2n) is 6.57. The van der Waals surface area contributed by atoms with Crippen LogP contribution in [0.15, 0.2) is 18.2 Å². The molecule has 0 unspecified atom stereocenters. The van der Waals surface area contributed by atoms with Gasteiger partial charge in [-0.05, 0) is 30.5 Å². The SMILES string of the molecule is COc1ccc(CNC(=O)CN(C2CCCCC2)S(C)(=O)=O)cc1OC. The Bertz CT molecular complexity index is 714. The molecule has 1 aliphatic rings. The van der Waals surface area contributed by atoms with Gasteiger partial charge in [0.25, 0.3) is 0 Å². The van der Waals surface area contributed by atoms with E-state index < -0.39 is 10.0 Å². The van der Waals surface area contributed by atoms with Crippen LogP contribution < -0.4 is 14.8 Å². The molecule has 0 heterocycles. The van der Waals surface area contributed by atoms with Crippen LogP contribution in [0.1, 0.15) is 37.7 Å². The van der Waals surface area contributed by atoms with E-state index in [0.717, 1.165) is 37.7 Å². The average molecular weight is 384 g/mol. The van der Waals surface area contributed by atoms with Gasteiger partial charge in [0, 0.05) is 12.6 Å². The zero-order valence-electron chi connectivity index (χ0n) is 15.7. The Morgan fingerprint density at radius 2 is 1.81 bits per heavy atom. The fraction of sp³-hybridized carbons (Fsp3) is 0.611. The highest BCUT2D eigenvalue weighted by Crippen LogP contribution is 2.27. The van der Waals surface area contributed by atoms with Crippen LogP contribution in [0.5, 0.6) is 11.5 Å². The molecule has 0 bridgehead atoms. The van der Waals surface area contributed by atoms with Gasteiger partial charge in [-0.2, -0.15) is 4.31 Å². The van der Waals surface area contributed by atoms with Gasteiger partial charge in [0.1, 0.15) is 0 Å². The summed E-state index contributed by atoms with van der Waals surface area (Å²) in [7, 11) is -0.316. The second-order valence-corrected chi connectivity index (χ2v) is 8.50. The third kappa shape index (κ3) is 5.60. The minimum Gasteiger partial charge on any atom is -0.493 e. The summed E-state index contributed by atoms with van der Waals surface area (Å²) in [6.07, 6.45) is 5.93. The van der Waals surface area contributed by atoms with Crippen molar-refractivity contribution in [3.63, 3.8) is 0 Å². The molecule has 1 N–H and O–H groups in total. The summed E-state index contributed by atoms with van der Waals surface area (Å²) in [4.78, 5) is 12.3. The standard InChI is InChI=1S/C18H28N2O5S/c1-24-16-10-9-14(11-17(16)25-2)12-19-18(21)13-20(26(3,22)23)15-7-5-4-6-8-15/h9-11,15H,4-8,12-13H2,1-3H3,(H,19,21). The number of hydrogen-bond acceptors (Lipinski definition) is 5. The third-order valence-corrected chi connectivity index (χ3v) is 5.92. The van der Waals surface area contributed by atoms with Crippen molar-refractivity contribution in [1.82, 2.24) is 9.62 Å². The van der Waals surface area contributed by atoms with E-state index in [4.69, 9.17) is 9.47 Å². The minimum atomic E-state index is -3.43. The molecule has 146 valence electrons. The number of carbonyl (C=O) groups is 1. The lowest BCUT2D eigenvalue weighted by atomic mass is 9.95. The maximum Gasteiger partial charge on any atom is 0.235 e. The summed E-state index contributed by atoms with van der Waals surface area (Å²) in [5.41, 5.74) is 0.847. The lowest BCUT2D eigenvalue weighted by Crippen LogP contribution is -2.46. The van der Waals surface area contributed by atoms with Crippen LogP contribution in [-0.2, 0) is 21.4 Å². The van der Waals surface area contributed by atoms with Gasteiger partial charge in [-0.25, -0.2) is 8.42 Å². The number of sulfonamides is 1. The predicted molar refractivity (Wildman–Crippen MR) is 99.8 cm³/mol. The topological polar surface area (TPSA) is 84.9 Å². The van der Waals surface area contributed by atoms with E-state index in [1.807, 2.05) is 6.07 Å². The van der Waals surface area contributed by atoms with E-state index in [-0.39, 0.29) is 18.5 Å². The van der Waals surface area contributed by atoms with Gasteiger partial charge in [-0.15, -0.1) is 0 Å². The van der Waals surface area contributed by atoms with Crippen molar-refractivity contribution < 1.29 is 22.7 Å². The molecular weight excluding hydrogens is 356 g/mol. The highest BCUT2D eigenvalue weighted by Gasteiger charge is 2.29. The second kappa shape index (κ2) is 9.23. The molecule has 26 heavy (non-hydrogen) atoms. The number of rotatable bonds is 8. The smallest absolute Gasteiger partial charge is 0.235 e. The monoisotopic (exact) mass is 384 g/mol. The molecule has 1 amide bonds. The summed E-state index contributed by atoms with van der Waals surface area (Å²) in [5, 5.41) is 2.79. The number of carbonyl (C=O) groups excluding carboxylic acids is 1. The quantitative estimate of drug-likeness (QED) is 0.740. The fourth-order valence-corrected chi connectivity index (χ4v) is 4.38. The van der Waals surface area contributed by atoms with Crippen molar-refractivity contribution in [2.24, 2.45) is 0 Å². The Morgan fingerprint density at radius 3 is 2.38 bits per heavy atom. The molecule has 2 rings (SSSR count). The van der Waals surface area contributed by atoms with Gasteiger partial charge in [-0.1, -0.05) is 25.3 Å². The average Bonchev–Trinajstić information content (AvgIpc) is 2.63. The molecule has 0 aliphatic heterocycles. The van der Waals surface area contributed by atoms with Crippen LogP contribution in [0.3, 0.4) is 0 Å². The number of amides is 1. The number of nitrogens with zero attached hydrogens (tertiary/aromatic N) is 1. The maximum absolute atomic E-state index is 12.3. The molecule has 0 saturated heterocycles. The first-order valence-electron chi connectivity index (χ1n) is 8.79. The van der Waals surface area contributed by atoms with Crippen LogP contribution in [-0.4, -0.2) is 51.7 Å². The largest absolute Gasteiger partial charge is 0.493 e. The number of ether oxygens (including phenoxy) is 2. The van der Waals surface area contributed by atoms with E-state index in [1.165, 1.54) is 10.6 Å². The summed E-state index contributed by atoms with van der Waals surface area (Å²) < 4.78 is 36.0. The zero-order chi connectivity index (χ0) is 19.2. The van der Waals surface area contributed by atoms with Crippen molar-refractivity contribution in [1.29, 1.82) is 0 Å². The van der Waals surface area contributed by atoms with Crippen LogP contribution in [0.2, 0.25) is 0 Å². The van der Waals surface area contributed by atoms with Crippen molar-refractivity contribution in [3.05, 3.63) is 23.8 Å². The molecule has 8 heteroatoms. The Hall–Kier alpha value is -1.80. The first kappa shape index (κ1) is 20.5. The number of benzene rings is 1. The third-order valence-electron chi connectivity index (χ3n) is 4.65. The first-order valence-corrected chi connectivity index (χ1v) is 10.6. The van der Waals surface area contributed by atoms with Gasteiger partial charge in [-0.3, -0.25) is 4.79 Å². The van der Waals surface area contributed by atoms with Crippen molar-refractivity contribution >= 4 is 15.9 Å². The Balaban J connectivity index is 1.97. The van der Waals surface area contributed by atoms with Crippen LogP contribution in [0.25, 0.3) is 0 Å². The molecule has 1 aromatic rings. The normalized spacial score (nSPS) is 15.7. The predicted octanol–water partition coefficient (Wildman–Crippen LogP) is 1.91. The molecule has 0 atom stereocenters. The molecule has 7 nitrogen and oxygen atoms in total. The van der Waals surface area contributed by atoms with Gasteiger partial charge < -0.3 is 14.8 Å². The molecular formula is C18H28N2O5S. The van der Waals surface area contributed by atoms with Gasteiger partial charge in [0.2, 0.25) is 15.9 Å². The highest BCUT2D eigenvalue weighted by molar-refractivity contribution is 7.88. The number of nitrogens with one attached hydrogen (secondary N) is 1. The van der Waals surface area contributed by atoms with Gasteiger partial charge >= 0.3 is 0 Å². The van der Waals surface area contributed by atoms with E-state index >= 15 is 0 Å². The van der Waals surface area contributed by atoms with Crippen molar-refractivity contribution in [3.8, 4) is 11.5 Å². The summed E-state index contributed by atoms with van der Waals surface area (Å²) in [5.74, 6) is 0.887. The van der Waals surface area contributed by atoms with E-state index in [9.17, 15) is 13.2 Å². The van der Waals surface area contributed by atoms with Crippen LogP contribution in [0, 0.1) is 0 Å². The number of hydrogen-bond donors (Lipinski definition) is 1. The zero-order valence-corrected chi connectivity index (χ0v) is 16.5. The van der Waals surface area contributed by atoms with Gasteiger partial charge in [0.15, 0.2) is 11.5 Å². The molecule has 1 aliphatic carbocycles. The maximum atomic E-state index is 12.3. The Morgan fingerprint density at radius 1 is 1.15 bits per heavy atom. The molecule has 1 saturated carbocycles. The molecule has 0 radical (unpaired) electrons. The van der Waals surface area contributed by atoms with Crippen LogP contribution in [0.4, 0.5) is 0 Å². The molecule has 0 spiro atoms. The fourth-order valence-electron chi connectivity index (χ4n) is 3.27. The summed E-state index contributed by atoms with van der Waals surface area (Å²) >= 11 is 0. The molecule has 1 aromatic carbocycles. The van der Waals surface area contributed by atoms with Crippen molar-refractivity contribution in [2.75, 3.05) is 27.0 Å². The Kier molecular flexibility index (Phi) is 7.28. The lowest BCUT2D eigenvalue weighted by molar-refractivity contribution is -0.121. The summed E-state index contributed by atoms with van der Waals surface area (Å²) in [6, 6.07) is 5.31. The van der Waals surface area contributed by atoms with Gasteiger partial charge in [0.05, 0.1) is 27.0 Å².